The minimum atomic E-state index is -4.39. The van der Waals surface area contributed by atoms with Crippen molar-refractivity contribution in [3.8, 4) is 0 Å². The van der Waals surface area contributed by atoms with Gasteiger partial charge in [-0.1, -0.05) is 0 Å². The van der Waals surface area contributed by atoms with Crippen LogP contribution in [0.25, 0.3) is 0 Å². The molecule has 0 aliphatic heterocycles. The normalized spacial score (nSPS) is 11.6. The van der Waals surface area contributed by atoms with Crippen molar-refractivity contribution in [1.29, 1.82) is 0 Å². The Morgan fingerprint density at radius 3 is 2.50 bits per heavy atom. The van der Waals surface area contributed by atoms with Gasteiger partial charge in [0.1, 0.15) is 0 Å². The molecule has 0 rings (SSSR count). The zero-order valence-electron chi connectivity index (χ0n) is 6.02. The summed E-state index contributed by atoms with van der Waals surface area (Å²) >= 11 is 0. The molecule has 0 radical (unpaired) electrons. The van der Waals surface area contributed by atoms with Crippen molar-refractivity contribution in [3.05, 3.63) is 0 Å². The number of rotatable bonds is 5. The maximum Gasteiger partial charge on any atom is 0.413 e. The van der Waals surface area contributed by atoms with Gasteiger partial charge in [0, 0.05) is 6.54 Å². The average Bonchev–Trinajstić information content (AvgIpc) is 1.83. The van der Waals surface area contributed by atoms with Gasteiger partial charge in [0.15, 0.2) is 6.61 Å². The van der Waals surface area contributed by atoms with Crippen LogP contribution in [0.3, 0.4) is 0 Å². The number of carbonyl (C=O) groups is 1. The van der Waals surface area contributed by atoms with Gasteiger partial charge in [0.2, 0.25) is 0 Å². The molecular formula is C5H8F3NO3. The van der Waals surface area contributed by atoms with Crippen LogP contribution in [0.5, 0.6) is 0 Å². The fraction of sp³-hybridized carbons (Fsp3) is 0.800. The number of alkyl halides is 3. The van der Waals surface area contributed by atoms with E-state index in [4.69, 9.17) is 5.11 Å². The third-order valence-corrected chi connectivity index (χ3v) is 0.779. The predicted molar refractivity (Wildman–Crippen MR) is 32.3 cm³/mol. The number of aliphatic carboxylic acids is 1. The van der Waals surface area contributed by atoms with Gasteiger partial charge in [-0.3, -0.25) is 9.63 Å². The van der Waals surface area contributed by atoms with Crippen LogP contribution >= 0.6 is 0 Å². The van der Waals surface area contributed by atoms with Crippen molar-refractivity contribution in [1.82, 2.24) is 5.48 Å². The predicted octanol–water partition coefficient (Wildman–Crippen LogP) is 0.545. The summed E-state index contributed by atoms with van der Waals surface area (Å²) in [6, 6.07) is 0. The molecule has 0 unspecified atom stereocenters. The van der Waals surface area contributed by atoms with Gasteiger partial charge in [-0.2, -0.15) is 13.2 Å². The van der Waals surface area contributed by atoms with E-state index >= 15 is 0 Å². The molecule has 0 heterocycles. The standard InChI is InChI=1S/C5H8F3NO3/c6-5(7,8)3-12-9-2-1-4(10)11/h9H,1-3H2,(H,10,11). The Balaban J connectivity index is 3.17. The molecule has 0 fully saturated rings. The minimum Gasteiger partial charge on any atom is -0.481 e. The molecule has 2 N–H and O–H groups in total. The lowest BCUT2D eigenvalue weighted by Gasteiger charge is -2.06. The van der Waals surface area contributed by atoms with Crippen LogP contribution in [0.1, 0.15) is 6.42 Å². The number of halogens is 3. The van der Waals surface area contributed by atoms with E-state index in [2.05, 4.69) is 4.84 Å². The van der Waals surface area contributed by atoms with Crippen molar-refractivity contribution in [2.24, 2.45) is 0 Å². The smallest absolute Gasteiger partial charge is 0.413 e. The Bertz CT molecular complexity index is 147. The summed E-state index contributed by atoms with van der Waals surface area (Å²) in [7, 11) is 0. The van der Waals surface area contributed by atoms with E-state index in [9.17, 15) is 18.0 Å². The first-order valence-corrected chi connectivity index (χ1v) is 3.05. The Labute approximate surface area is 66.3 Å². The first-order valence-electron chi connectivity index (χ1n) is 3.05. The Morgan fingerprint density at radius 2 is 2.08 bits per heavy atom. The molecule has 0 bridgehead atoms. The molecule has 0 atom stereocenters. The van der Waals surface area contributed by atoms with E-state index in [1.54, 1.807) is 0 Å². The van der Waals surface area contributed by atoms with Crippen molar-refractivity contribution in [2.45, 2.75) is 12.6 Å². The van der Waals surface area contributed by atoms with E-state index in [-0.39, 0.29) is 13.0 Å². The lowest BCUT2D eigenvalue weighted by Crippen LogP contribution is -2.26. The van der Waals surface area contributed by atoms with Crippen molar-refractivity contribution in [2.75, 3.05) is 13.2 Å². The van der Waals surface area contributed by atoms with E-state index in [0.717, 1.165) is 0 Å². The lowest BCUT2D eigenvalue weighted by atomic mass is 10.4. The fourth-order valence-electron chi connectivity index (χ4n) is 0.363. The summed E-state index contributed by atoms with van der Waals surface area (Å²) in [5.41, 5.74) is 1.87. The summed E-state index contributed by atoms with van der Waals surface area (Å²) in [5, 5.41) is 8.05. The SMILES string of the molecule is O=C(O)CCNOCC(F)(F)F. The van der Waals surface area contributed by atoms with Crippen LogP contribution in [0, 0.1) is 0 Å². The van der Waals surface area contributed by atoms with Crippen molar-refractivity contribution < 1.29 is 27.9 Å². The quantitative estimate of drug-likeness (QED) is 0.487. The molecule has 72 valence electrons. The van der Waals surface area contributed by atoms with E-state index in [1.807, 2.05) is 5.48 Å². The number of nitrogens with one attached hydrogen (secondary N) is 1. The molecule has 7 heteroatoms. The summed E-state index contributed by atoms with van der Waals surface area (Å²) in [5.74, 6) is -1.10. The molecular weight excluding hydrogens is 179 g/mol. The molecule has 0 saturated carbocycles. The van der Waals surface area contributed by atoms with Gasteiger partial charge in [-0.05, 0) is 0 Å². The molecule has 0 aromatic rings. The molecule has 0 saturated heterocycles. The fourth-order valence-corrected chi connectivity index (χ4v) is 0.363. The zero-order chi connectivity index (χ0) is 9.61. The highest BCUT2D eigenvalue weighted by molar-refractivity contribution is 5.66. The number of carboxylic acid groups (broad SMARTS) is 1. The third-order valence-electron chi connectivity index (χ3n) is 0.779. The molecule has 12 heavy (non-hydrogen) atoms. The second kappa shape index (κ2) is 4.94. The largest absolute Gasteiger partial charge is 0.481 e. The first kappa shape index (κ1) is 11.2. The highest BCUT2D eigenvalue weighted by atomic mass is 19.4. The maximum absolute atomic E-state index is 11.4. The minimum absolute atomic E-state index is 0.147. The summed E-state index contributed by atoms with van der Waals surface area (Å²) in [6.45, 7) is -1.57. The van der Waals surface area contributed by atoms with Crippen LogP contribution in [0.4, 0.5) is 13.2 Å². The number of hydroxylamine groups is 1. The van der Waals surface area contributed by atoms with Gasteiger partial charge in [-0.25, -0.2) is 5.48 Å². The molecule has 0 aromatic carbocycles. The van der Waals surface area contributed by atoms with Crippen LogP contribution in [-0.2, 0) is 9.63 Å². The zero-order valence-corrected chi connectivity index (χ0v) is 6.02. The van der Waals surface area contributed by atoms with E-state index in [1.165, 1.54) is 0 Å². The van der Waals surface area contributed by atoms with Gasteiger partial charge in [0.25, 0.3) is 0 Å². The van der Waals surface area contributed by atoms with E-state index in [0.29, 0.717) is 0 Å². The van der Waals surface area contributed by atoms with Crippen LogP contribution in [0.15, 0.2) is 0 Å². The summed E-state index contributed by atoms with van der Waals surface area (Å²) in [4.78, 5) is 13.8. The monoisotopic (exact) mass is 187 g/mol. The van der Waals surface area contributed by atoms with Gasteiger partial charge < -0.3 is 5.11 Å². The average molecular weight is 187 g/mol. The Kier molecular flexibility index (Phi) is 4.60. The second-order valence-corrected chi connectivity index (χ2v) is 1.94. The molecule has 0 spiro atoms. The first-order chi connectivity index (χ1) is 5.42. The van der Waals surface area contributed by atoms with Crippen LogP contribution in [0.2, 0.25) is 0 Å². The van der Waals surface area contributed by atoms with Crippen molar-refractivity contribution in [3.63, 3.8) is 0 Å². The van der Waals surface area contributed by atoms with Crippen LogP contribution < -0.4 is 5.48 Å². The summed E-state index contributed by atoms with van der Waals surface area (Å²) < 4.78 is 34.1. The topological polar surface area (TPSA) is 58.6 Å². The second-order valence-electron chi connectivity index (χ2n) is 1.94. The van der Waals surface area contributed by atoms with Crippen LogP contribution in [-0.4, -0.2) is 30.4 Å². The molecule has 0 amide bonds. The third kappa shape index (κ3) is 9.18. The number of hydrogen-bond donors (Lipinski definition) is 2. The summed E-state index contributed by atoms with van der Waals surface area (Å²) in [6.07, 6.45) is -4.67. The van der Waals surface area contributed by atoms with Crippen molar-refractivity contribution >= 4 is 5.97 Å². The highest BCUT2D eigenvalue weighted by Gasteiger charge is 2.27. The van der Waals surface area contributed by atoms with E-state index < -0.39 is 18.8 Å². The Hall–Kier alpha value is -0.820. The lowest BCUT2D eigenvalue weighted by molar-refractivity contribution is -0.189. The number of hydrogen-bond acceptors (Lipinski definition) is 3. The molecule has 0 aliphatic carbocycles. The maximum atomic E-state index is 11.4. The van der Waals surface area contributed by atoms with Gasteiger partial charge in [0.05, 0.1) is 6.42 Å². The molecule has 4 nitrogen and oxygen atoms in total. The Morgan fingerprint density at radius 1 is 1.50 bits per heavy atom. The molecule has 0 aliphatic rings. The molecule has 0 aromatic heterocycles. The van der Waals surface area contributed by atoms with Gasteiger partial charge >= 0.3 is 12.1 Å². The number of carboxylic acids is 1. The van der Waals surface area contributed by atoms with Gasteiger partial charge in [-0.15, -0.1) is 0 Å². The highest BCUT2D eigenvalue weighted by Crippen LogP contribution is 2.13.